The van der Waals surface area contributed by atoms with Crippen molar-refractivity contribution in [2.24, 2.45) is 0 Å². The average Bonchev–Trinajstić information content (AvgIpc) is 3.71. The monoisotopic (exact) mass is 929 g/mol. The van der Waals surface area contributed by atoms with Gasteiger partial charge in [-0.15, -0.1) is 0 Å². The molecule has 1 saturated heterocycles. The van der Waals surface area contributed by atoms with Crippen molar-refractivity contribution in [2.45, 2.75) is 66.4 Å². The molecule has 0 spiro atoms. The van der Waals surface area contributed by atoms with Gasteiger partial charge in [-0.25, -0.2) is 0 Å². The number of rotatable bonds is 8. The van der Waals surface area contributed by atoms with Crippen molar-refractivity contribution in [1.29, 1.82) is 0 Å². The predicted molar refractivity (Wildman–Crippen MR) is 262 cm³/mol. The van der Waals surface area contributed by atoms with Crippen LogP contribution in [0.1, 0.15) is 52.8 Å². The summed E-state index contributed by atoms with van der Waals surface area (Å²) in [7, 11) is 5.72. The van der Waals surface area contributed by atoms with Crippen molar-refractivity contribution < 1.29 is 20.4 Å². The second-order valence-corrected chi connectivity index (χ2v) is 18.1. The minimum atomic E-state index is -0.191. The van der Waals surface area contributed by atoms with Gasteiger partial charge >= 0.3 is 90.3 Å². The Bertz CT molecular complexity index is 2390. The van der Waals surface area contributed by atoms with Gasteiger partial charge in [-0.2, -0.15) is 11.6 Å². The van der Waals surface area contributed by atoms with Crippen molar-refractivity contribution in [3.05, 3.63) is 197 Å². The second kappa shape index (κ2) is 21.6. The summed E-state index contributed by atoms with van der Waals surface area (Å²) in [5, 5.41) is 0. The summed E-state index contributed by atoms with van der Waals surface area (Å²) in [6.07, 6.45) is 0.209. The first-order valence-electron chi connectivity index (χ1n) is 20.8. The van der Waals surface area contributed by atoms with E-state index >= 15 is 0 Å². The Hall–Kier alpha value is -5.06. The first kappa shape index (κ1) is 45.5. The number of ether oxygens (including phenoxy) is 1. The molecular formula is C55H56ClN2ORuS-2. The van der Waals surface area contributed by atoms with Crippen molar-refractivity contribution in [1.82, 2.24) is 0 Å². The van der Waals surface area contributed by atoms with E-state index in [1.165, 1.54) is 55.9 Å². The van der Waals surface area contributed by atoms with Gasteiger partial charge in [-0.1, -0.05) is 126 Å². The second-order valence-electron chi connectivity index (χ2n) is 15.9. The molecule has 0 bridgehead atoms. The zero-order chi connectivity index (χ0) is 43.5. The average molecular weight is 930 g/mol. The molecule has 0 unspecified atom stereocenters. The Balaban J connectivity index is 0.000000161. The molecule has 0 aromatic heterocycles. The number of nitrogens with zero attached hydrogens (tertiary/aromatic N) is 2. The van der Waals surface area contributed by atoms with Gasteiger partial charge in [0.25, 0.3) is 0 Å². The van der Waals surface area contributed by atoms with E-state index in [9.17, 15) is 0 Å². The topological polar surface area (TPSA) is 15.7 Å². The largest absolute Gasteiger partial charge is 0.779 e. The summed E-state index contributed by atoms with van der Waals surface area (Å²) in [4.78, 5) is 5.71. The third-order valence-corrected chi connectivity index (χ3v) is 12.1. The molecule has 1 aliphatic heterocycles. The number of halogens is 1. The molecule has 6 heteroatoms. The van der Waals surface area contributed by atoms with Crippen molar-refractivity contribution in [2.75, 3.05) is 22.9 Å². The fourth-order valence-electron chi connectivity index (χ4n) is 8.15. The number of hydrogen-bond acceptors (Lipinski definition) is 4. The molecule has 0 atom stereocenters. The molecule has 61 heavy (non-hydrogen) atoms. The van der Waals surface area contributed by atoms with Crippen LogP contribution in [0.3, 0.4) is 0 Å². The van der Waals surface area contributed by atoms with Gasteiger partial charge in [0.15, 0.2) is 0 Å². The van der Waals surface area contributed by atoms with E-state index in [0.29, 0.717) is 0 Å². The molecule has 0 radical (unpaired) electrons. The van der Waals surface area contributed by atoms with Gasteiger partial charge in [0.05, 0.1) is 0 Å². The van der Waals surface area contributed by atoms with Crippen LogP contribution >= 0.6 is 9.69 Å². The third-order valence-electron chi connectivity index (χ3n) is 10.5. The van der Waals surface area contributed by atoms with Gasteiger partial charge in [0.1, 0.15) is 0 Å². The number of aryl methyl sites for hydroxylation is 6. The van der Waals surface area contributed by atoms with Crippen LogP contribution in [-0.2, 0) is 28.3 Å². The molecule has 7 aromatic carbocycles. The zero-order valence-corrected chi connectivity index (χ0v) is 39.8. The quantitative estimate of drug-likeness (QED) is 0.0857. The molecule has 0 amide bonds. The maximum Gasteiger partial charge on any atom is 0.0146 e. The summed E-state index contributed by atoms with van der Waals surface area (Å²) < 4.78 is 7.66. The van der Waals surface area contributed by atoms with Crippen LogP contribution in [0.5, 0.6) is 5.75 Å². The predicted octanol–water partition coefficient (Wildman–Crippen LogP) is 14.4. The molecular weight excluding hydrogens is 873 g/mol. The van der Waals surface area contributed by atoms with E-state index in [0.717, 1.165) is 51.6 Å². The van der Waals surface area contributed by atoms with Crippen LogP contribution in [0.2, 0.25) is 0 Å². The summed E-state index contributed by atoms with van der Waals surface area (Å²) in [6.45, 7) is 21.6. The fourth-order valence-corrected chi connectivity index (χ4v) is 9.61. The molecule has 0 aliphatic carbocycles. The van der Waals surface area contributed by atoms with E-state index in [2.05, 4.69) is 167 Å². The number of anilines is 2. The van der Waals surface area contributed by atoms with Gasteiger partial charge < -0.3 is 22.4 Å². The Morgan fingerprint density at radius 1 is 0.557 bits per heavy atom. The summed E-state index contributed by atoms with van der Waals surface area (Å²) in [6, 6.07) is 52.7. The van der Waals surface area contributed by atoms with Crippen LogP contribution in [0.25, 0.3) is 33.4 Å². The molecule has 0 N–H and O–H groups in total. The Morgan fingerprint density at radius 3 is 1.36 bits per heavy atom. The molecule has 1 heterocycles. The van der Waals surface area contributed by atoms with Gasteiger partial charge in [0, 0.05) is 24.5 Å². The first-order chi connectivity index (χ1) is 29.4. The zero-order valence-electron chi connectivity index (χ0n) is 36.5. The van der Waals surface area contributed by atoms with Crippen LogP contribution in [-0.4, -0.2) is 23.8 Å². The van der Waals surface area contributed by atoms with E-state index in [1.54, 1.807) is 0 Å². The molecule has 3 nitrogen and oxygen atoms in total. The van der Waals surface area contributed by atoms with E-state index in [-0.39, 0.29) is 21.8 Å². The number of para-hydroxylation sites is 1. The van der Waals surface area contributed by atoms with Crippen molar-refractivity contribution >= 4 is 38.3 Å². The minimum Gasteiger partial charge on any atom is -0.779 e. The molecule has 1 fully saturated rings. The maximum atomic E-state index is 5.87. The van der Waals surface area contributed by atoms with Crippen LogP contribution < -0.4 is 14.5 Å². The van der Waals surface area contributed by atoms with Gasteiger partial charge in [0.2, 0.25) is 0 Å². The van der Waals surface area contributed by atoms with Crippen molar-refractivity contribution in [3.8, 4) is 39.1 Å². The van der Waals surface area contributed by atoms with E-state index in [4.69, 9.17) is 27.1 Å². The standard InChI is InChI=1S/C24H18S.C21H27N2.C10H12O.ClH.Ru/c25-24-22(19-12-6-2-7-13-19)16-21(18-10-4-1-5-11-18)17-23(24)20-14-8-3-9-15-20;1-14-9-16(3)20(17(4)10-14)22-7-8-23(13-22)21-18(5)11-15(2)12-19(21)6;1-8(2)11-10-7-5-4-6-9(10)3;;/h1-17,25H;9-13H,7-8H2,1-6H3;3-8H,1-2H3;1H;/q;-1;;;+1/p-2. The summed E-state index contributed by atoms with van der Waals surface area (Å²) in [5.41, 5.74) is 18.8. The van der Waals surface area contributed by atoms with Crippen molar-refractivity contribution in [3.63, 3.8) is 0 Å². The number of benzene rings is 7. The Labute approximate surface area is 382 Å². The van der Waals surface area contributed by atoms with Crippen LogP contribution in [0.15, 0.2) is 157 Å². The van der Waals surface area contributed by atoms with Gasteiger partial charge in [-0.3, -0.25) is 0 Å². The van der Waals surface area contributed by atoms with E-state index in [1.807, 2.05) is 60.9 Å². The SMILES string of the molecule is CC(C)Oc1ccccc1[CH]=[Ru][Cl].Cc1cc(C)c(N2[CH-]N(c3c(C)cc(C)cc3C)CC2)c(C)c1.[S-]c1c(-c2ccccc2)cc(-c2ccccc2)cc1-c1ccccc1. The minimum absolute atomic E-state index is 0.191. The van der Waals surface area contributed by atoms with Crippen LogP contribution in [0.4, 0.5) is 11.4 Å². The maximum absolute atomic E-state index is 5.87. The molecule has 315 valence electrons. The molecule has 7 aromatic rings. The fraction of sp³-hybridized carbons (Fsp3) is 0.200. The Kier molecular flexibility index (Phi) is 16.1. The van der Waals surface area contributed by atoms with Gasteiger partial charge in [-0.05, 0) is 109 Å². The Morgan fingerprint density at radius 2 is 0.951 bits per heavy atom. The summed E-state index contributed by atoms with van der Waals surface area (Å²) >= 11 is 5.68. The van der Waals surface area contributed by atoms with E-state index < -0.39 is 0 Å². The molecule has 8 rings (SSSR count). The molecule has 0 saturated carbocycles. The van der Waals surface area contributed by atoms with Crippen LogP contribution in [0, 0.1) is 48.2 Å². The summed E-state index contributed by atoms with van der Waals surface area (Å²) in [5.74, 6) is 0.924. The normalized spacial score (nSPS) is 12.4. The third kappa shape index (κ3) is 11.9. The smallest absolute Gasteiger partial charge is 0.0146 e. The number of hydrogen-bond donors (Lipinski definition) is 0. The molecule has 1 aliphatic rings. The first-order valence-corrected chi connectivity index (χ1v) is 24.4.